The highest BCUT2D eigenvalue weighted by molar-refractivity contribution is 7.17. The maximum absolute atomic E-state index is 12.7. The van der Waals surface area contributed by atoms with Gasteiger partial charge in [0.2, 0.25) is 0 Å². The second-order valence-electron chi connectivity index (χ2n) is 7.42. The number of fused-ring (bicyclic) bond motifs is 1. The van der Waals surface area contributed by atoms with E-state index in [1.165, 1.54) is 18.4 Å². The molecule has 3 heterocycles. The fourth-order valence-corrected chi connectivity index (χ4v) is 4.61. The SMILES string of the molecule is COC(=O)c1c(NC(=O)COc2cccn3cc(C)nc23)sc(C)c1-c1ccc(C)cc1. The first-order valence-electron chi connectivity index (χ1n) is 10.0. The molecular weight excluding hydrogens is 426 g/mol. The summed E-state index contributed by atoms with van der Waals surface area (Å²) >= 11 is 1.33. The van der Waals surface area contributed by atoms with E-state index in [1.54, 1.807) is 6.07 Å². The summed E-state index contributed by atoms with van der Waals surface area (Å²) in [5, 5.41) is 3.26. The van der Waals surface area contributed by atoms with E-state index >= 15 is 0 Å². The minimum Gasteiger partial charge on any atom is -0.480 e. The Bertz CT molecular complexity index is 1310. The number of pyridine rings is 1. The molecule has 0 atom stereocenters. The second-order valence-corrected chi connectivity index (χ2v) is 8.64. The van der Waals surface area contributed by atoms with Crippen molar-refractivity contribution in [3.05, 3.63) is 70.5 Å². The molecular formula is C24H23N3O4S. The third-order valence-corrected chi connectivity index (χ3v) is 6.01. The number of amides is 1. The predicted octanol–water partition coefficient (Wildman–Crippen LogP) is 4.79. The zero-order chi connectivity index (χ0) is 22.8. The van der Waals surface area contributed by atoms with E-state index in [9.17, 15) is 9.59 Å². The molecule has 0 saturated heterocycles. The highest BCUT2D eigenvalue weighted by atomic mass is 32.1. The number of aryl methyl sites for hydroxylation is 3. The summed E-state index contributed by atoms with van der Waals surface area (Å²) in [4.78, 5) is 30.6. The molecule has 1 N–H and O–H groups in total. The summed E-state index contributed by atoms with van der Waals surface area (Å²) in [7, 11) is 1.33. The number of thiophene rings is 1. The van der Waals surface area contributed by atoms with Gasteiger partial charge in [-0.15, -0.1) is 11.3 Å². The summed E-state index contributed by atoms with van der Waals surface area (Å²) in [6, 6.07) is 11.5. The van der Waals surface area contributed by atoms with Crippen molar-refractivity contribution < 1.29 is 19.1 Å². The molecule has 0 unspecified atom stereocenters. The molecule has 4 rings (SSSR count). The number of nitrogens with zero attached hydrogens (tertiary/aromatic N) is 2. The normalized spacial score (nSPS) is 10.9. The van der Waals surface area contributed by atoms with Gasteiger partial charge in [0.25, 0.3) is 5.91 Å². The fraction of sp³-hybridized carbons (Fsp3) is 0.208. The van der Waals surface area contributed by atoms with Gasteiger partial charge in [0.15, 0.2) is 18.0 Å². The zero-order valence-electron chi connectivity index (χ0n) is 18.3. The largest absolute Gasteiger partial charge is 0.480 e. The second kappa shape index (κ2) is 8.84. The highest BCUT2D eigenvalue weighted by Gasteiger charge is 2.25. The van der Waals surface area contributed by atoms with Gasteiger partial charge in [0, 0.05) is 22.8 Å². The van der Waals surface area contributed by atoms with Crippen molar-refractivity contribution in [2.24, 2.45) is 0 Å². The number of hydrogen-bond acceptors (Lipinski definition) is 6. The third kappa shape index (κ3) is 4.22. The first-order valence-corrected chi connectivity index (χ1v) is 10.8. The minimum atomic E-state index is -0.501. The fourth-order valence-electron chi connectivity index (χ4n) is 3.53. The summed E-state index contributed by atoms with van der Waals surface area (Å²) in [6.45, 7) is 5.59. The van der Waals surface area contributed by atoms with Crippen LogP contribution in [0.3, 0.4) is 0 Å². The lowest BCUT2D eigenvalue weighted by Gasteiger charge is -2.10. The van der Waals surface area contributed by atoms with Crippen LogP contribution in [0.1, 0.15) is 26.5 Å². The molecule has 3 aromatic heterocycles. The molecule has 32 heavy (non-hydrogen) atoms. The van der Waals surface area contributed by atoms with Crippen LogP contribution < -0.4 is 10.1 Å². The number of imidazole rings is 1. The van der Waals surface area contributed by atoms with Crippen LogP contribution in [0.5, 0.6) is 5.75 Å². The molecule has 4 aromatic rings. The number of hydrogen-bond donors (Lipinski definition) is 1. The van der Waals surface area contributed by atoms with Crippen LogP contribution in [0.4, 0.5) is 5.00 Å². The highest BCUT2D eigenvalue weighted by Crippen LogP contribution is 2.40. The number of carbonyl (C=O) groups is 2. The first-order chi connectivity index (χ1) is 15.4. The van der Waals surface area contributed by atoms with Gasteiger partial charge in [0.05, 0.1) is 12.8 Å². The number of methoxy groups -OCH3 is 1. The van der Waals surface area contributed by atoms with Gasteiger partial charge in [-0.25, -0.2) is 9.78 Å². The molecule has 8 heteroatoms. The lowest BCUT2D eigenvalue weighted by Crippen LogP contribution is -2.21. The monoisotopic (exact) mass is 449 g/mol. The molecule has 0 aliphatic rings. The van der Waals surface area contributed by atoms with Crippen LogP contribution in [-0.4, -0.2) is 35.0 Å². The van der Waals surface area contributed by atoms with Crippen LogP contribution in [-0.2, 0) is 9.53 Å². The van der Waals surface area contributed by atoms with Gasteiger partial charge in [0.1, 0.15) is 10.6 Å². The average molecular weight is 450 g/mol. The standard InChI is InChI=1S/C24H23N3O4S/c1-14-7-9-17(10-8-14)20-16(3)32-23(21(20)24(29)30-4)26-19(28)13-31-18-6-5-11-27-12-15(2)25-22(18)27/h5-12H,13H2,1-4H3,(H,26,28). The van der Waals surface area contributed by atoms with Crippen LogP contribution in [0.2, 0.25) is 0 Å². The number of carbonyl (C=O) groups excluding carboxylic acids is 2. The Morgan fingerprint density at radius 2 is 1.88 bits per heavy atom. The summed E-state index contributed by atoms with van der Waals surface area (Å²) < 4.78 is 12.6. The molecule has 0 aliphatic carbocycles. The molecule has 7 nitrogen and oxygen atoms in total. The first kappa shape index (κ1) is 21.6. The molecule has 164 valence electrons. The van der Waals surface area contributed by atoms with Crippen LogP contribution in [0.15, 0.2) is 48.8 Å². The van der Waals surface area contributed by atoms with Crippen molar-refractivity contribution in [2.45, 2.75) is 20.8 Å². The van der Waals surface area contributed by atoms with E-state index in [0.717, 1.165) is 27.3 Å². The van der Waals surface area contributed by atoms with Crippen molar-refractivity contribution in [3.63, 3.8) is 0 Å². The van der Waals surface area contributed by atoms with Gasteiger partial charge in [-0.2, -0.15) is 0 Å². The lowest BCUT2D eigenvalue weighted by atomic mass is 10.0. The zero-order valence-corrected chi connectivity index (χ0v) is 19.1. The number of rotatable bonds is 6. The Kier molecular flexibility index (Phi) is 5.96. The van der Waals surface area contributed by atoms with Crippen molar-refractivity contribution in [3.8, 4) is 16.9 Å². The number of aromatic nitrogens is 2. The van der Waals surface area contributed by atoms with Crippen molar-refractivity contribution >= 4 is 33.9 Å². The van der Waals surface area contributed by atoms with Gasteiger partial charge < -0.3 is 19.2 Å². The molecule has 0 radical (unpaired) electrons. The maximum atomic E-state index is 12.7. The molecule has 0 saturated carbocycles. The number of nitrogens with one attached hydrogen (secondary N) is 1. The summed E-state index contributed by atoms with van der Waals surface area (Å²) in [5.74, 6) is -0.373. The van der Waals surface area contributed by atoms with Gasteiger partial charge in [-0.1, -0.05) is 29.8 Å². The summed E-state index contributed by atoms with van der Waals surface area (Å²) in [6.07, 6.45) is 3.75. The van der Waals surface area contributed by atoms with Crippen molar-refractivity contribution in [1.82, 2.24) is 9.38 Å². The summed E-state index contributed by atoms with van der Waals surface area (Å²) in [5.41, 5.74) is 4.61. The average Bonchev–Trinajstić information content (AvgIpc) is 3.31. The topological polar surface area (TPSA) is 81.9 Å². The molecule has 0 bridgehead atoms. The minimum absolute atomic E-state index is 0.219. The predicted molar refractivity (Wildman–Crippen MR) is 125 cm³/mol. The number of benzene rings is 1. The Balaban J connectivity index is 1.58. The van der Waals surface area contributed by atoms with Crippen LogP contribution in [0.25, 0.3) is 16.8 Å². The number of anilines is 1. The van der Waals surface area contributed by atoms with E-state index in [4.69, 9.17) is 9.47 Å². The molecule has 0 aliphatic heterocycles. The quantitative estimate of drug-likeness (QED) is 0.428. The lowest BCUT2D eigenvalue weighted by molar-refractivity contribution is -0.118. The molecule has 0 spiro atoms. The maximum Gasteiger partial charge on any atom is 0.341 e. The molecule has 1 amide bonds. The van der Waals surface area contributed by atoms with E-state index in [1.807, 2.05) is 67.9 Å². The number of ether oxygens (including phenoxy) is 2. The Hall–Kier alpha value is -3.65. The van der Waals surface area contributed by atoms with Gasteiger partial charge >= 0.3 is 5.97 Å². The van der Waals surface area contributed by atoms with E-state index in [0.29, 0.717) is 22.0 Å². The number of esters is 1. The van der Waals surface area contributed by atoms with Crippen molar-refractivity contribution in [2.75, 3.05) is 19.0 Å². The van der Waals surface area contributed by atoms with Crippen LogP contribution >= 0.6 is 11.3 Å². The van der Waals surface area contributed by atoms with Crippen LogP contribution in [0, 0.1) is 20.8 Å². The van der Waals surface area contributed by atoms with E-state index < -0.39 is 5.97 Å². The molecule has 1 aromatic carbocycles. The smallest absolute Gasteiger partial charge is 0.341 e. The van der Waals surface area contributed by atoms with Gasteiger partial charge in [-0.05, 0) is 38.5 Å². The Labute approximate surface area is 189 Å². The molecule has 0 fully saturated rings. The van der Waals surface area contributed by atoms with E-state index in [2.05, 4.69) is 10.3 Å². The van der Waals surface area contributed by atoms with E-state index in [-0.39, 0.29) is 12.5 Å². The Morgan fingerprint density at radius 3 is 2.59 bits per heavy atom. The third-order valence-electron chi connectivity index (χ3n) is 4.99. The van der Waals surface area contributed by atoms with Crippen molar-refractivity contribution in [1.29, 1.82) is 0 Å². The van der Waals surface area contributed by atoms with Gasteiger partial charge in [-0.3, -0.25) is 4.79 Å². The Morgan fingerprint density at radius 1 is 1.12 bits per heavy atom.